The number of methoxy groups -OCH3 is 2. The Labute approximate surface area is 137 Å². The summed E-state index contributed by atoms with van der Waals surface area (Å²) in [5.74, 6) is 1.07. The van der Waals surface area contributed by atoms with Crippen LogP contribution in [0.25, 0.3) is 0 Å². The summed E-state index contributed by atoms with van der Waals surface area (Å²) in [7, 11) is 3.08. The first-order chi connectivity index (χ1) is 9.96. The molecular weight excluding hydrogens is 335 g/mol. The van der Waals surface area contributed by atoms with E-state index in [1.807, 2.05) is 0 Å². The second kappa shape index (κ2) is 6.52. The average molecular weight is 348 g/mol. The van der Waals surface area contributed by atoms with E-state index in [9.17, 15) is 0 Å². The van der Waals surface area contributed by atoms with Gasteiger partial charge in [0.05, 0.1) is 46.3 Å². The number of benzene rings is 2. The molecule has 0 saturated heterocycles. The van der Waals surface area contributed by atoms with Gasteiger partial charge in [-0.25, -0.2) is 0 Å². The molecule has 0 aliphatic rings. The molecule has 0 aliphatic heterocycles. The monoisotopic (exact) mass is 346 g/mol. The zero-order chi connectivity index (χ0) is 15.6. The van der Waals surface area contributed by atoms with E-state index in [1.165, 1.54) is 7.11 Å². The summed E-state index contributed by atoms with van der Waals surface area (Å²) >= 11 is 18.0. The molecular formula is C14H13Cl3N2O2. The predicted molar refractivity (Wildman–Crippen MR) is 88.7 cm³/mol. The molecule has 0 atom stereocenters. The number of halogens is 3. The number of nitrogen functional groups attached to an aromatic ring is 1. The van der Waals surface area contributed by atoms with Crippen LogP contribution in [-0.2, 0) is 0 Å². The van der Waals surface area contributed by atoms with Gasteiger partial charge in [-0.3, -0.25) is 0 Å². The van der Waals surface area contributed by atoms with Crippen LogP contribution in [0, 0.1) is 0 Å². The third kappa shape index (κ3) is 3.40. The molecule has 0 heterocycles. The third-order valence-electron chi connectivity index (χ3n) is 2.84. The maximum Gasteiger partial charge on any atom is 0.146 e. The van der Waals surface area contributed by atoms with E-state index >= 15 is 0 Å². The standard InChI is InChI=1S/C14H13Cl3N2O2/c1-20-13-6-14(21-2)12(5-9(13)17)19-11-4-8(16)7(15)3-10(11)18/h3-6,19H,18H2,1-2H3. The van der Waals surface area contributed by atoms with E-state index in [2.05, 4.69) is 5.32 Å². The quantitative estimate of drug-likeness (QED) is 0.765. The zero-order valence-electron chi connectivity index (χ0n) is 11.3. The van der Waals surface area contributed by atoms with Crippen LogP contribution in [0.4, 0.5) is 17.1 Å². The lowest BCUT2D eigenvalue weighted by Gasteiger charge is -2.15. The lowest BCUT2D eigenvalue weighted by molar-refractivity contribution is 0.396. The topological polar surface area (TPSA) is 56.5 Å². The van der Waals surface area contributed by atoms with Crippen molar-refractivity contribution in [2.45, 2.75) is 0 Å². The van der Waals surface area contributed by atoms with Gasteiger partial charge in [-0.05, 0) is 18.2 Å². The first-order valence-electron chi connectivity index (χ1n) is 5.89. The van der Waals surface area contributed by atoms with Crippen LogP contribution in [0.5, 0.6) is 11.5 Å². The second-order valence-corrected chi connectivity index (χ2v) is 5.39. The highest BCUT2D eigenvalue weighted by Gasteiger charge is 2.12. The van der Waals surface area contributed by atoms with Crippen molar-refractivity contribution >= 4 is 51.9 Å². The molecule has 112 valence electrons. The number of rotatable bonds is 4. The number of nitrogens with one attached hydrogen (secondary N) is 1. The van der Waals surface area contributed by atoms with Gasteiger partial charge in [-0.15, -0.1) is 0 Å². The van der Waals surface area contributed by atoms with E-state index < -0.39 is 0 Å². The minimum Gasteiger partial charge on any atom is -0.495 e. The molecule has 0 spiro atoms. The summed E-state index contributed by atoms with van der Waals surface area (Å²) in [5, 5.41) is 4.35. The number of nitrogens with two attached hydrogens (primary N) is 1. The van der Waals surface area contributed by atoms with Crippen LogP contribution in [-0.4, -0.2) is 14.2 Å². The fourth-order valence-electron chi connectivity index (χ4n) is 1.77. The predicted octanol–water partition coefficient (Wildman–Crippen LogP) is 4.99. The highest BCUT2D eigenvalue weighted by atomic mass is 35.5. The first kappa shape index (κ1) is 15.9. The van der Waals surface area contributed by atoms with Gasteiger partial charge in [0.2, 0.25) is 0 Å². The number of hydrogen-bond donors (Lipinski definition) is 2. The molecule has 0 aliphatic carbocycles. The van der Waals surface area contributed by atoms with Gasteiger partial charge in [0.1, 0.15) is 11.5 Å². The summed E-state index contributed by atoms with van der Waals surface area (Å²) in [6.07, 6.45) is 0. The molecule has 0 aromatic heterocycles. The maximum atomic E-state index is 6.12. The van der Waals surface area contributed by atoms with Crippen molar-refractivity contribution in [1.29, 1.82) is 0 Å². The SMILES string of the molecule is COc1cc(OC)c(Nc2cc(Cl)c(Cl)cc2N)cc1Cl. The average Bonchev–Trinajstić information content (AvgIpc) is 2.45. The van der Waals surface area contributed by atoms with Gasteiger partial charge < -0.3 is 20.5 Å². The van der Waals surface area contributed by atoms with Crippen molar-refractivity contribution in [3.05, 3.63) is 39.3 Å². The third-order valence-corrected chi connectivity index (χ3v) is 3.85. The van der Waals surface area contributed by atoms with Crippen LogP contribution in [0.2, 0.25) is 15.1 Å². The van der Waals surface area contributed by atoms with Gasteiger partial charge in [0.15, 0.2) is 0 Å². The highest BCUT2D eigenvalue weighted by molar-refractivity contribution is 6.42. The lowest BCUT2D eigenvalue weighted by Crippen LogP contribution is -1.99. The largest absolute Gasteiger partial charge is 0.495 e. The Morgan fingerprint density at radius 2 is 1.38 bits per heavy atom. The molecule has 0 unspecified atom stereocenters. The van der Waals surface area contributed by atoms with Crippen molar-refractivity contribution in [2.75, 3.05) is 25.3 Å². The molecule has 0 fully saturated rings. The van der Waals surface area contributed by atoms with Gasteiger partial charge in [-0.1, -0.05) is 34.8 Å². The molecule has 0 amide bonds. The Bertz CT molecular complexity index is 678. The summed E-state index contributed by atoms with van der Waals surface area (Å²) in [6.45, 7) is 0. The Balaban J connectivity index is 2.44. The molecule has 7 heteroatoms. The van der Waals surface area contributed by atoms with Gasteiger partial charge in [0.25, 0.3) is 0 Å². The number of hydrogen-bond acceptors (Lipinski definition) is 4. The van der Waals surface area contributed by atoms with Crippen molar-refractivity contribution in [3.63, 3.8) is 0 Å². The molecule has 2 rings (SSSR count). The summed E-state index contributed by atoms with van der Waals surface area (Å²) in [5.41, 5.74) is 7.61. The maximum absolute atomic E-state index is 6.12. The lowest BCUT2D eigenvalue weighted by atomic mass is 10.2. The van der Waals surface area contributed by atoms with Crippen LogP contribution in [0.15, 0.2) is 24.3 Å². The summed E-state index contributed by atoms with van der Waals surface area (Å²) in [4.78, 5) is 0. The molecule has 2 aromatic rings. The smallest absolute Gasteiger partial charge is 0.146 e. The fourth-order valence-corrected chi connectivity index (χ4v) is 2.35. The summed E-state index contributed by atoms with van der Waals surface area (Å²) in [6, 6.07) is 6.57. The van der Waals surface area contributed by atoms with E-state index in [-0.39, 0.29) is 0 Å². The Morgan fingerprint density at radius 1 is 0.810 bits per heavy atom. The minimum atomic E-state index is 0.388. The molecule has 21 heavy (non-hydrogen) atoms. The van der Waals surface area contributed by atoms with Gasteiger partial charge in [-0.2, -0.15) is 0 Å². The molecule has 0 saturated carbocycles. The van der Waals surface area contributed by atoms with Crippen LogP contribution in [0.3, 0.4) is 0 Å². The molecule has 0 bridgehead atoms. The Kier molecular flexibility index (Phi) is 4.93. The van der Waals surface area contributed by atoms with E-state index in [4.69, 9.17) is 50.0 Å². The Hall–Kier alpha value is -1.49. The highest BCUT2D eigenvalue weighted by Crippen LogP contribution is 2.39. The van der Waals surface area contributed by atoms with E-state index in [1.54, 1.807) is 31.4 Å². The van der Waals surface area contributed by atoms with Crippen molar-refractivity contribution in [3.8, 4) is 11.5 Å². The molecule has 4 nitrogen and oxygen atoms in total. The van der Waals surface area contributed by atoms with Crippen molar-refractivity contribution in [2.24, 2.45) is 0 Å². The van der Waals surface area contributed by atoms with Crippen molar-refractivity contribution in [1.82, 2.24) is 0 Å². The Morgan fingerprint density at radius 3 is 2.00 bits per heavy atom. The first-order valence-corrected chi connectivity index (χ1v) is 7.02. The molecule has 3 N–H and O–H groups in total. The fraction of sp³-hybridized carbons (Fsp3) is 0.143. The number of anilines is 3. The van der Waals surface area contributed by atoms with Crippen LogP contribution in [0.1, 0.15) is 0 Å². The van der Waals surface area contributed by atoms with Gasteiger partial charge in [0, 0.05) is 6.07 Å². The van der Waals surface area contributed by atoms with Crippen LogP contribution >= 0.6 is 34.8 Å². The molecule has 0 radical (unpaired) electrons. The van der Waals surface area contributed by atoms with Crippen molar-refractivity contribution < 1.29 is 9.47 Å². The summed E-state index contributed by atoms with van der Waals surface area (Å²) < 4.78 is 10.5. The second-order valence-electron chi connectivity index (χ2n) is 4.17. The zero-order valence-corrected chi connectivity index (χ0v) is 13.6. The van der Waals surface area contributed by atoms with E-state index in [0.717, 1.165) is 0 Å². The number of ether oxygens (including phenoxy) is 2. The van der Waals surface area contributed by atoms with Gasteiger partial charge >= 0.3 is 0 Å². The van der Waals surface area contributed by atoms with E-state index in [0.29, 0.717) is 43.6 Å². The van der Waals surface area contributed by atoms with Crippen LogP contribution < -0.4 is 20.5 Å². The minimum absolute atomic E-state index is 0.388. The normalized spacial score (nSPS) is 10.3. The molecule has 2 aromatic carbocycles.